The zero-order valence-corrected chi connectivity index (χ0v) is 12.7. The molecule has 1 N–H and O–H groups in total. The number of halogens is 1. The van der Waals surface area contributed by atoms with E-state index in [0.29, 0.717) is 29.6 Å². The molecule has 1 aromatic rings. The second-order valence-corrected chi connectivity index (χ2v) is 5.43. The number of hydrogen-bond acceptors (Lipinski definition) is 3. The number of carbonyl (C=O) groups excluding carboxylic acids is 1. The maximum Gasteiger partial charge on any atom is 0.331 e. The summed E-state index contributed by atoms with van der Waals surface area (Å²) in [6, 6.07) is 5.85. The van der Waals surface area contributed by atoms with Crippen LogP contribution in [0.2, 0.25) is 0 Å². The highest BCUT2D eigenvalue weighted by atomic mass is 79.9. The number of hydrogen-bond donors (Lipinski definition) is 1. The molecule has 5 nitrogen and oxygen atoms in total. The first-order valence-electron chi connectivity index (χ1n) is 6.29. The van der Waals surface area contributed by atoms with Gasteiger partial charge in [0.05, 0.1) is 7.11 Å². The summed E-state index contributed by atoms with van der Waals surface area (Å²) in [7, 11) is 1.55. The van der Waals surface area contributed by atoms with Crippen molar-refractivity contribution in [2.75, 3.05) is 19.0 Å². The van der Waals surface area contributed by atoms with E-state index in [1.165, 1.54) is 4.90 Å². The normalized spacial score (nSPS) is 20.0. The smallest absolute Gasteiger partial charge is 0.331 e. The average Bonchev–Trinajstić information content (AvgIpc) is 2.81. The Hall–Kier alpha value is -1.56. The molecule has 0 radical (unpaired) electrons. The van der Waals surface area contributed by atoms with Gasteiger partial charge >= 0.3 is 5.97 Å². The van der Waals surface area contributed by atoms with Crippen LogP contribution in [0.4, 0.5) is 0 Å². The van der Waals surface area contributed by atoms with Gasteiger partial charge in [-0.3, -0.25) is 4.79 Å². The second-order valence-electron chi connectivity index (χ2n) is 4.78. The SMILES string of the molecule is COc1ccc(C(C(=O)O)N2CC(CBr)CC2=O)cc1. The van der Waals surface area contributed by atoms with E-state index in [-0.39, 0.29) is 11.8 Å². The number of carboxylic acids is 1. The third kappa shape index (κ3) is 2.95. The van der Waals surface area contributed by atoms with Gasteiger partial charge in [-0.05, 0) is 23.6 Å². The third-order valence-electron chi connectivity index (χ3n) is 3.43. The summed E-state index contributed by atoms with van der Waals surface area (Å²) in [6.45, 7) is 0.465. The zero-order valence-electron chi connectivity index (χ0n) is 11.1. The molecule has 0 spiro atoms. The lowest BCUT2D eigenvalue weighted by molar-refractivity contribution is -0.148. The van der Waals surface area contributed by atoms with E-state index >= 15 is 0 Å². The number of rotatable bonds is 5. The molecule has 0 saturated carbocycles. The largest absolute Gasteiger partial charge is 0.497 e. The van der Waals surface area contributed by atoms with Gasteiger partial charge in [-0.25, -0.2) is 4.79 Å². The minimum absolute atomic E-state index is 0.113. The van der Waals surface area contributed by atoms with Gasteiger partial charge in [0.15, 0.2) is 6.04 Å². The van der Waals surface area contributed by atoms with Gasteiger partial charge in [-0.1, -0.05) is 28.1 Å². The molecular weight excluding hydrogens is 326 g/mol. The number of methoxy groups -OCH3 is 1. The molecule has 0 aromatic heterocycles. The number of nitrogens with zero attached hydrogens (tertiary/aromatic N) is 1. The van der Waals surface area contributed by atoms with Crippen molar-refractivity contribution in [1.29, 1.82) is 0 Å². The molecule has 1 aliphatic heterocycles. The van der Waals surface area contributed by atoms with Crippen molar-refractivity contribution in [3.05, 3.63) is 29.8 Å². The van der Waals surface area contributed by atoms with E-state index in [1.54, 1.807) is 31.4 Å². The van der Waals surface area contributed by atoms with Crippen LogP contribution < -0.4 is 4.74 Å². The second kappa shape index (κ2) is 6.26. The average molecular weight is 342 g/mol. The molecule has 1 amide bonds. The summed E-state index contributed by atoms with van der Waals surface area (Å²) in [5, 5.41) is 10.2. The standard InChI is InChI=1S/C14H16BrNO4/c1-20-11-4-2-10(3-5-11)13(14(18)19)16-8-9(7-15)6-12(16)17/h2-5,9,13H,6-8H2,1H3,(H,18,19). The van der Waals surface area contributed by atoms with Gasteiger partial charge < -0.3 is 14.7 Å². The Balaban J connectivity index is 2.27. The van der Waals surface area contributed by atoms with Crippen LogP contribution >= 0.6 is 15.9 Å². The Kier molecular flexibility index (Phi) is 4.65. The van der Waals surface area contributed by atoms with Gasteiger partial charge in [0, 0.05) is 18.3 Å². The quantitative estimate of drug-likeness (QED) is 0.832. The third-order valence-corrected chi connectivity index (χ3v) is 4.35. The summed E-state index contributed by atoms with van der Waals surface area (Å²) in [6.07, 6.45) is 0.394. The number of ether oxygens (including phenoxy) is 1. The summed E-state index contributed by atoms with van der Waals surface area (Å²) < 4.78 is 5.06. The fourth-order valence-electron chi connectivity index (χ4n) is 2.40. The lowest BCUT2D eigenvalue weighted by Gasteiger charge is -2.25. The lowest BCUT2D eigenvalue weighted by atomic mass is 10.1. The number of benzene rings is 1. The van der Waals surface area contributed by atoms with Crippen molar-refractivity contribution >= 4 is 27.8 Å². The van der Waals surface area contributed by atoms with Crippen LogP contribution in [0.1, 0.15) is 18.0 Å². The number of carboxylic acid groups (broad SMARTS) is 1. The molecule has 2 rings (SSSR count). The molecule has 6 heteroatoms. The van der Waals surface area contributed by atoms with Crippen molar-refractivity contribution in [1.82, 2.24) is 4.90 Å². The van der Waals surface area contributed by atoms with Crippen LogP contribution in [0.25, 0.3) is 0 Å². The Labute approximate surface area is 125 Å². The summed E-state index contributed by atoms with van der Waals surface area (Å²) in [5.41, 5.74) is 0.585. The van der Waals surface area contributed by atoms with Gasteiger partial charge in [0.2, 0.25) is 5.91 Å². The fraction of sp³-hybridized carbons (Fsp3) is 0.429. The van der Waals surface area contributed by atoms with Crippen LogP contribution in [0, 0.1) is 5.92 Å². The topological polar surface area (TPSA) is 66.8 Å². The lowest BCUT2D eigenvalue weighted by Crippen LogP contribution is -2.35. The summed E-state index contributed by atoms with van der Waals surface area (Å²) in [4.78, 5) is 25.0. The van der Waals surface area contributed by atoms with Crippen molar-refractivity contribution in [2.24, 2.45) is 5.92 Å². The summed E-state index contributed by atoms with van der Waals surface area (Å²) in [5.74, 6) is -0.303. The fourth-order valence-corrected chi connectivity index (χ4v) is 2.84. The molecule has 2 atom stereocenters. The highest BCUT2D eigenvalue weighted by Crippen LogP contribution is 2.30. The monoisotopic (exact) mass is 341 g/mol. The Morgan fingerprint density at radius 2 is 2.15 bits per heavy atom. The van der Waals surface area contributed by atoms with Gasteiger partial charge in [0.25, 0.3) is 0 Å². The van der Waals surface area contributed by atoms with E-state index in [2.05, 4.69) is 15.9 Å². The Morgan fingerprint density at radius 1 is 1.50 bits per heavy atom. The summed E-state index contributed by atoms with van der Waals surface area (Å²) >= 11 is 3.35. The first-order valence-corrected chi connectivity index (χ1v) is 7.41. The molecule has 0 bridgehead atoms. The van der Waals surface area contributed by atoms with Crippen molar-refractivity contribution in [3.63, 3.8) is 0 Å². The van der Waals surface area contributed by atoms with Crippen LogP contribution in [-0.4, -0.2) is 40.9 Å². The highest BCUT2D eigenvalue weighted by Gasteiger charge is 2.38. The Morgan fingerprint density at radius 3 is 2.60 bits per heavy atom. The highest BCUT2D eigenvalue weighted by molar-refractivity contribution is 9.09. The van der Waals surface area contributed by atoms with Crippen LogP contribution in [0.15, 0.2) is 24.3 Å². The van der Waals surface area contributed by atoms with E-state index in [1.807, 2.05) is 0 Å². The number of aliphatic carboxylic acids is 1. The van der Waals surface area contributed by atoms with Crippen LogP contribution in [0.3, 0.4) is 0 Å². The van der Waals surface area contributed by atoms with Crippen molar-refractivity contribution in [2.45, 2.75) is 12.5 Å². The van der Waals surface area contributed by atoms with E-state index in [4.69, 9.17) is 4.74 Å². The predicted octanol–water partition coefficient (Wildman–Crippen LogP) is 2.06. The maximum absolute atomic E-state index is 12.0. The molecule has 2 unspecified atom stereocenters. The Bertz CT molecular complexity index is 502. The van der Waals surface area contributed by atoms with Crippen molar-refractivity contribution < 1.29 is 19.4 Å². The molecular formula is C14H16BrNO4. The molecule has 1 heterocycles. The van der Waals surface area contributed by atoms with Crippen LogP contribution in [0.5, 0.6) is 5.75 Å². The van der Waals surface area contributed by atoms with Gasteiger partial charge in [0.1, 0.15) is 5.75 Å². The van der Waals surface area contributed by atoms with Crippen LogP contribution in [-0.2, 0) is 9.59 Å². The first kappa shape index (κ1) is 14.8. The molecule has 1 aromatic carbocycles. The minimum atomic E-state index is -1.02. The van der Waals surface area contributed by atoms with Gasteiger partial charge in [-0.2, -0.15) is 0 Å². The molecule has 20 heavy (non-hydrogen) atoms. The number of amides is 1. The minimum Gasteiger partial charge on any atom is -0.497 e. The maximum atomic E-state index is 12.0. The van der Waals surface area contributed by atoms with Gasteiger partial charge in [-0.15, -0.1) is 0 Å². The molecule has 1 saturated heterocycles. The van der Waals surface area contributed by atoms with E-state index in [0.717, 1.165) is 0 Å². The number of carbonyl (C=O) groups is 2. The molecule has 108 valence electrons. The molecule has 1 aliphatic rings. The first-order chi connectivity index (χ1) is 9.56. The molecule has 1 fully saturated rings. The zero-order chi connectivity index (χ0) is 14.7. The number of likely N-dealkylation sites (tertiary alicyclic amines) is 1. The van der Waals surface area contributed by atoms with E-state index < -0.39 is 12.0 Å². The van der Waals surface area contributed by atoms with Crippen molar-refractivity contribution in [3.8, 4) is 5.75 Å². The number of alkyl halides is 1. The molecule has 0 aliphatic carbocycles. The van der Waals surface area contributed by atoms with E-state index in [9.17, 15) is 14.7 Å². The predicted molar refractivity (Wildman–Crippen MR) is 77.0 cm³/mol.